The minimum absolute atomic E-state index is 0.258. The molecule has 0 aromatic carbocycles. The van der Waals surface area contributed by atoms with Gasteiger partial charge in [0, 0.05) is 17.9 Å². The van der Waals surface area contributed by atoms with Crippen molar-refractivity contribution in [1.82, 2.24) is 10.3 Å². The van der Waals surface area contributed by atoms with Crippen molar-refractivity contribution in [3.8, 4) is 0 Å². The molecule has 0 saturated carbocycles. The van der Waals surface area contributed by atoms with Crippen molar-refractivity contribution >= 4 is 0 Å². The van der Waals surface area contributed by atoms with Crippen molar-refractivity contribution in [3.05, 3.63) is 30.1 Å². The van der Waals surface area contributed by atoms with Crippen LogP contribution in [0.2, 0.25) is 0 Å². The van der Waals surface area contributed by atoms with E-state index in [2.05, 4.69) is 43.2 Å². The minimum Gasteiger partial charge on any atom is -0.310 e. The smallest absolute Gasteiger partial charge is 0.0270 e. The van der Waals surface area contributed by atoms with Crippen molar-refractivity contribution in [1.29, 1.82) is 0 Å². The lowest BCUT2D eigenvalue weighted by molar-refractivity contribution is 0.159. The zero-order valence-corrected chi connectivity index (χ0v) is 10.6. The monoisotopic (exact) mass is 218 g/mol. The Kier molecular flexibility index (Phi) is 3.02. The van der Waals surface area contributed by atoms with Crippen LogP contribution in [0.3, 0.4) is 0 Å². The number of nitrogens with zero attached hydrogens (tertiary/aromatic N) is 1. The van der Waals surface area contributed by atoms with Crippen LogP contribution >= 0.6 is 0 Å². The standard InChI is InChI=1S/C14H22N2/c1-13(2,3)14(7-4-8-16-14)11-12-5-9-15-10-6-12/h5-6,9-10,16H,4,7-8,11H2,1-3H3. The number of aromatic nitrogens is 1. The Morgan fingerprint density at radius 1 is 1.31 bits per heavy atom. The van der Waals surface area contributed by atoms with Gasteiger partial charge in [-0.05, 0) is 48.9 Å². The summed E-state index contributed by atoms with van der Waals surface area (Å²) in [4.78, 5) is 4.08. The molecular weight excluding hydrogens is 196 g/mol. The molecule has 16 heavy (non-hydrogen) atoms. The molecule has 0 amide bonds. The first-order valence-corrected chi connectivity index (χ1v) is 6.17. The van der Waals surface area contributed by atoms with Crippen LogP contribution in [0.5, 0.6) is 0 Å². The zero-order chi connectivity index (χ0) is 11.6. The molecule has 2 heteroatoms. The fourth-order valence-electron chi connectivity index (χ4n) is 2.71. The summed E-state index contributed by atoms with van der Waals surface area (Å²) < 4.78 is 0. The molecule has 1 aromatic heterocycles. The lowest BCUT2D eigenvalue weighted by Crippen LogP contribution is -2.52. The number of hydrogen-bond donors (Lipinski definition) is 1. The third-order valence-electron chi connectivity index (χ3n) is 3.93. The fourth-order valence-corrected chi connectivity index (χ4v) is 2.71. The normalized spacial score (nSPS) is 25.9. The van der Waals surface area contributed by atoms with Gasteiger partial charge in [-0.3, -0.25) is 4.98 Å². The van der Waals surface area contributed by atoms with Gasteiger partial charge in [-0.1, -0.05) is 20.8 Å². The molecule has 2 heterocycles. The highest BCUT2D eigenvalue weighted by Crippen LogP contribution is 2.39. The number of hydrogen-bond acceptors (Lipinski definition) is 2. The Bertz CT molecular complexity index is 332. The second-order valence-corrected chi connectivity index (χ2v) is 5.89. The van der Waals surface area contributed by atoms with Gasteiger partial charge in [0.15, 0.2) is 0 Å². The number of pyridine rings is 1. The molecule has 0 bridgehead atoms. The molecule has 1 atom stereocenters. The van der Waals surface area contributed by atoms with E-state index >= 15 is 0 Å². The molecule has 88 valence electrons. The Morgan fingerprint density at radius 2 is 2.00 bits per heavy atom. The van der Waals surface area contributed by atoms with Gasteiger partial charge >= 0.3 is 0 Å². The molecule has 1 aliphatic heterocycles. The first-order chi connectivity index (χ1) is 7.54. The minimum atomic E-state index is 0.258. The zero-order valence-electron chi connectivity index (χ0n) is 10.6. The second-order valence-electron chi connectivity index (χ2n) is 5.89. The average Bonchev–Trinajstić information content (AvgIpc) is 2.68. The molecule has 1 aromatic rings. The van der Waals surface area contributed by atoms with E-state index < -0.39 is 0 Å². The summed E-state index contributed by atoms with van der Waals surface area (Å²) in [7, 11) is 0. The van der Waals surface area contributed by atoms with E-state index in [1.165, 1.54) is 18.4 Å². The van der Waals surface area contributed by atoms with Gasteiger partial charge in [0.1, 0.15) is 0 Å². The van der Waals surface area contributed by atoms with Gasteiger partial charge in [-0.25, -0.2) is 0 Å². The van der Waals surface area contributed by atoms with Crippen molar-refractivity contribution in [3.63, 3.8) is 0 Å². The first kappa shape index (κ1) is 11.6. The maximum Gasteiger partial charge on any atom is 0.0270 e. The molecule has 1 N–H and O–H groups in total. The maximum atomic E-state index is 4.08. The lowest BCUT2D eigenvalue weighted by atomic mass is 9.69. The van der Waals surface area contributed by atoms with E-state index in [1.54, 1.807) is 0 Å². The quantitative estimate of drug-likeness (QED) is 0.825. The third-order valence-corrected chi connectivity index (χ3v) is 3.93. The molecule has 1 fully saturated rings. The highest BCUT2D eigenvalue weighted by atomic mass is 15.0. The van der Waals surface area contributed by atoms with Gasteiger partial charge in [0.25, 0.3) is 0 Å². The van der Waals surface area contributed by atoms with Gasteiger partial charge in [0.2, 0.25) is 0 Å². The average molecular weight is 218 g/mol. The van der Waals surface area contributed by atoms with Crippen LogP contribution in [-0.4, -0.2) is 17.1 Å². The van der Waals surface area contributed by atoms with E-state index in [-0.39, 0.29) is 5.54 Å². The van der Waals surface area contributed by atoms with Crippen molar-refractivity contribution in [2.24, 2.45) is 5.41 Å². The summed E-state index contributed by atoms with van der Waals surface area (Å²) in [5.74, 6) is 0. The summed E-state index contributed by atoms with van der Waals surface area (Å²) in [6, 6.07) is 4.26. The van der Waals surface area contributed by atoms with Gasteiger partial charge < -0.3 is 5.32 Å². The van der Waals surface area contributed by atoms with Crippen LogP contribution < -0.4 is 5.32 Å². The van der Waals surface area contributed by atoms with E-state index in [4.69, 9.17) is 0 Å². The van der Waals surface area contributed by atoms with Crippen molar-refractivity contribution in [2.75, 3.05) is 6.54 Å². The van der Waals surface area contributed by atoms with E-state index in [1.807, 2.05) is 12.4 Å². The molecular formula is C14H22N2. The second kappa shape index (κ2) is 4.17. The third kappa shape index (κ3) is 2.12. The maximum absolute atomic E-state index is 4.08. The summed E-state index contributed by atoms with van der Waals surface area (Å²) in [6.07, 6.45) is 7.46. The van der Waals surface area contributed by atoms with Gasteiger partial charge in [-0.15, -0.1) is 0 Å². The number of rotatable bonds is 2. The highest BCUT2D eigenvalue weighted by molar-refractivity contribution is 5.17. The van der Waals surface area contributed by atoms with Gasteiger partial charge in [0.05, 0.1) is 0 Å². The highest BCUT2D eigenvalue weighted by Gasteiger charge is 2.43. The molecule has 0 spiro atoms. The Balaban J connectivity index is 2.22. The fraction of sp³-hybridized carbons (Fsp3) is 0.643. The predicted octanol–water partition coefficient (Wildman–Crippen LogP) is 2.79. The molecule has 2 rings (SSSR count). The Hall–Kier alpha value is -0.890. The van der Waals surface area contributed by atoms with Crippen LogP contribution in [0.4, 0.5) is 0 Å². The van der Waals surface area contributed by atoms with Crippen LogP contribution in [0.25, 0.3) is 0 Å². The van der Waals surface area contributed by atoms with Crippen LogP contribution in [0, 0.1) is 5.41 Å². The Morgan fingerprint density at radius 3 is 2.50 bits per heavy atom. The van der Waals surface area contributed by atoms with E-state index in [0.717, 1.165) is 13.0 Å². The largest absolute Gasteiger partial charge is 0.310 e. The molecule has 1 aliphatic rings. The summed E-state index contributed by atoms with van der Waals surface area (Å²) in [6.45, 7) is 8.17. The first-order valence-electron chi connectivity index (χ1n) is 6.17. The molecule has 2 nitrogen and oxygen atoms in total. The van der Waals surface area contributed by atoms with Gasteiger partial charge in [-0.2, -0.15) is 0 Å². The predicted molar refractivity (Wildman–Crippen MR) is 67.4 cm³/mol. The lowest BCUT2D eigenvalue weighted by Gasteiger charge is -2.42. The van der Waals surface area contributed by atoms with E-state index in [0.29, 0.717) is 5.41 Å². The number of nitrogens with one attached hydrogen (secondary N) is 1. The molecule has 1 saturated heterocycles. The summed E-state index contributed by atoms with van der Waals surface area (Å²) >= 11 is 0. The topological polar surface area (TPSA) is 24.9 Å². The van der Waals surface area contributed by atoms with E-state index in [9.17, 15) is 0 Å². The van der Waals surface area contributed by atoms with Crippen LogP contribution in [0.1, 0.15) is 39.2 Å². The SMILES string of the molecule is CC(C)(C)C1(Cc2ccncc2)CCCN1. The Labute approximate surface area is 98.5 Å². The summed E-state index contributed by atoms with van der Waals surface area (Å²) in [5, 5.41) is 3.74. The van der Waals surface area contributed by atoms with Crippen LogP contribution in [0.15, 0.2) is 24.5 Å². The molecule has 1 unspecified atom stereocenters. The van der Waals surface area contributed by atoms with Crippen LogP contribution in [-0.2, 0) is 6.42 Å². The molecule has 0 radical (unpaired) electrons. The molecule has 0 aliphatic carbocycles. The summed E-state index contributed by atoms with van der Waals surface area (Å²) in [5.41, 5.74) is 1.94. The van der Waals surface area contributed by atoms with Crippen molar-refractivity contribution in [2.45, 2.75) is 45.6 Å². The van der Waals surface area contributed by atoms with Crippen molar-refractivity contribution < 1.29 is 0 Å².